The van der Waals surface area contributed by atoms with E-state index in [-0.39, 0.29) is 0 Å². The third kappa shape index (κ3) is 4.11. The molecule has 2 N–H and O–H groups in total. The van der Waals surface area contributed by atoms with Crippen LogP contribution in [0.4, 0.5) is 11.6 Å². The summed E-state index contributed by atoms with van der Waals surface area (Å²) in [4.78, 5) is 11.5. The number of anilines is 2. The van der Waals surface area contributed by atoms with E-state index in [1.807, 2.05) is 36.4 Å². The Balaban J connectivity index is 1.49. The van der Waals surface area contributed by atoms with Crippen molar-refractivity contribution in [3.05, 3.63) is 96.3 Å². The van der Waals surface area contributed by atoms with Gasteiger partial charge in [-0.05, 0) is 29.7 Å². The quantitative estimate of drug-likeness (QED) is 0.432. The first-order chi connectivity index (χ1) is 15.3. The van der Waals surface area contributed by atoms with Crippen LogP contribution in [0.1, 0.15) is 11.1 Å². The summed E-state index contributed by atoms with van der Waals surface area (Å²) in [6, 6.07) is 26.2. The van der Waals surface area contributed by atoms with Gasteiger partial charge < -0.3 is 15.1 Å². The Morgan fingerprint density at radius 1 is 0.871 bits per heavy atom. The number of benzene rings is 2. The molecule has 154 valence electrons. The third-order valence-corrected chi connectivity index (χ3v) is 5.12. The highest BCUT2D eigenvalue weighted by Gasteiger charge is 2.16. The topological polar surface area (TPSA) is 85.5 Å². The van der Waals surface area contributed by atoms with Crippen molar-refractivity contribution in [1.29, 1.82) is 0 Å². The molecule has 5 rings (SSSR count). The molecule has 0 saturated heterocycles. The van der Waals surface area contributed by atoms with Gasteiger partial charge in [0.1, 0.15) is 11.6 Å². The van der Waals surface area contributed by atoms with Crippen LogP contribution in [0.15, 0.2) is 89.5 Å². The van der Waals surface area contributed by atoms with Crippen LogP contribution in [0, 0.1) is 0 Å². The predicted molar refractivity (Wildman–Crippen MR) is 121 cm³/mol. The van der Waals surface area contributed by atoms with Crippen molar-refractivity contribution in [2.75, 3.05) is 17.2 Å². The van der Waals surface area contributed by atoms with Crippen molar-refractivity contribution in [3.63, 3.8) is 0 Å². The van der Waals surface area contributed by atoms with Gasteiger partial charge in [-0.15, -0.1) is 5.10 Å². The number of fused-ring (bicyclic) bond motifs is 1. The minimum atomic E-state index is 0.444. The molecule has 0 amide bonds. The standard InChI is InChI=1S/C24H22N6O/c25-21-16-22(26-24-27-23(28-30(21)24)20-12-7-15-31-20)29(17-19-10-5-2-6-11-19)14-13-18-8-3-1-4-9-18/h1-12,15-16H,13-14,17,25H2. The maximum atomic E-state index is 6.33. The fourth-order valence-corrected chi connectivity index (χ4v) is 3.54. The molecule has 0 radical (unpaired) electrons. The van der Waals surface area contributed by atoms with E-state index < -0.39 is 0 Å². The van der Waals surface area contributed by atoms with Crippen molar-refractivity contribution in [2.45, 2.75) is 13.0 Å². The minimum Gasteiger partial charge on any atom is -0.461 e. The summed E-state index contributed by atoms with van der Waals surface area (Å²) in [5, 5.41) is 4.44. The Kier molecular flexibility index (Phi) is 5.06. The summed E-state index contributed by atoms with van der Waals surface area (Å²) in [6.07, 6.45) is 2.49. The molecule has 7 nitrogen and oxygen atoms in total. The number of nitrogens with two attached hydrogens (primary N) is 1. The van der Waals surface area contributed by atoms with E-state index in [1.165, 1.54) is 11.1 Å². The maximum Gasteiger partial charge on any atom is 0.256 e. The van der Waals surface area contributed by atoms with Crippen molar-refractivity contribution in [1.82, 2.24) is 19.6 Å². The fourth-order valence-electron chi connectivity index (χ4n) is 3.54. The lowest BCUT2D eigenvalue weighted by Gasteiger charge is -2.24. The van der Waals surface area contributed by atoms with E-state index in [0.717, 1.165) is 25.3 Å². The van der Waals surface area contributed by atoms with Crippen molar-refractivity contribution in [3.8, 4) is 11.6 Å². The Bertz CT molecular complexity index is 1270. The maximum absolute atomic E-state index is 6.33. The predicted octanol–water partition coefficient (Wildman–Crippen LogP) is 4.22. The molecular weight excluding hydrogens is 388 g/mol. The summed E-state index contributed by atoms with van der Waals surface area (Å²) in [7, 11) is 0. The van der Waals surface area contributed by atoms with Crippen LogP contribution < -0.4 is 10.6 Å². The molecule has 0 unspecified atom stereocenters. The summed E-state index contributed by atoms with van der Waals surface area (Å²) in [5.74, 6) is 2.72. The number of aromatic nitrogens is 4. The smallest absolute Gasteiger partial charge is 0.256 e. The highest BCUT2D eigenvalue weighted by Crippen LogP contribution is 2.22. The Morgan fingerprint density at radius 3 is 2.32 bits per heavy atom. The molecule has 2 aromatic carbocycles. The molecule has 7 heteroatoms. The molecule has 31 heavy (non-hydrogen) atoms. The van der Waals surface area contributed by atoms with Gasteiger partial charge in [0.2, 0.25) is 5.82 Å². The summed E-state index contributed by atoms with van der Waals surface area (Å²) in [5.41, 5.74) is 8.80. The Morgan fingerprint density at radius 2 is 1.61 bits per heavy atom. The van der Waals surface area contributed by atoms with E-state index in [1.54, 1.807) is 16.8 Å². The van der Waals surface area contributed by atoms with Gasteiger partial charge in [-0.1, -0.05) is 60.7 Å². The average Bonchev–Trinajstić information content (AvgIpc) is 3.48. The van der Waals surface area contributed by atoms with Crippen LogP contribution in [-0.4, -0.2) is 26.1 Å². The van der Waals surface area contributed by atoms with E-state index in [2.05, 4.69) is 51.4 Å². The van der Waals surface area contributed by atoms with Crippen LogP contribution in [0.5, 0.6) is 0 Å². The van der Waals surface area contributed by atoms with Crippen LogP contribution in [0.25, 0.3) is 17.4 Å². The summed E-state index contributed by atoms with van der Waals surface area (Å²) in [6.45, 7) is 1.51. The van der Waals surface area contributed by atoms with Gasteiger partial charge >= 0.3 is 0 Å². The Labute approximate surface area is 179 Å². The van der Waals surface area contributed by atoms with Crippen molar-refractivity contribution >= 4 is 17.4 Å². The lowest BCUT2D eigenvalue weighted by molar-refractivity contribution is 0.577. The first-order valence-electron chi connectivity index (χ1n) is 10.2. The second-order valence-corrected chi connectivity index (χ2v) is 7.31. The van der Waals surface area contributed by atoms with Crippen molar-refractivity contribution < 1.29 is 4.42 Å². The molecule has 0 bridgehead atoms. The first-order valence-corrected chi connectivity index (χ1v) is 10.2. The van der Waals surface area contributed by atoms with E-state index in [9.17, 15) is 0 Å². The molecule has 3 heterocycles. The molecule has 0 aliphatic carbocycles. The molecule has 0 spiro atoms. The van der Waals surface area contributed by atoms with Crippen molar-refractivity contribution in [2.24, 2.45) is 0 Å². The number of furan rings is 1. The number of nitrogen functional groups attached to an aromatic ring is 1. The number of hydrogen-bond donors (Lipinski definition) is 1. The lowest BCUT2D eigenvalue weighted by Crippen LogP contribution is -2.26. The third-order valence-electron chi connectivity index (χ3n) is 5.12. The SMILES string of the molecule is Nc1cc(N(CCc2ccccc2)Cc2ccccc2)nc2nc(-c3ccco3)nn12. The van der Waals surface area contributed by atoms with Gasteiger partial charge in [-0.3, -0.25) is 0 Å². The Hall–Kier alpha value is -4.13. The zero-order valence-corrected chi connectivity index (χ0v) is 16.9. The molecule has 0 saturated carbocycles. The summed E-state index contributed by atoms with van der Waals surface area (Å²) >= 11 is 0. The zero-order valence-electron chi connectivity index (χ0n) is 16.9. The monoisotopic (exact) mass is 410 g/mol. The van der Waals surface area contributed by atoms with Gasteiger partial charge in [-0.2, -0.15) is 14.5 Å². The molecule has 0 aliphatic heterocycles. The average molecular weight is 410 g/mol. The van der Waals surface area contributed by atoms with Crippen LogP contribution in [-0.2, 0) is 13.0 Å². The molecule has 3 aromatic heterocycles. The molecular formula is C24H22N6O. The van der Waals surface area contributed by atoms with Crippen LogP contribution >= 0.6 is 0 Å². The second kappa shape index (κ2) is 8.31. The van der Waals surface area contributed by atoms with Crippen LogP contribution in [0.2, 0.25) is 0 Å². The zero-order chi connectivity index (χ0) is 21.0. The summed E-state index contributed by atoms with van der Waals surface area (Å²) < 4.78 is 6.96. The van der Waals surface area contributed by atoms with Gasteiger partial charge in [0.15, 0.2) is 5.76 Å². The fraction of sp³-hybridized carbons (Fsp3) is 0.125. The van der Waals surface area contributed by atoms with Gasteiger partial charge in [0.05, 0.1) is 6.26 Å². The van der Waals surface area contributed by atoms with E-state index in [0.29, 0.717) is 23.2 Å². The highest BCUT2D eigenvalue weighted by molar-refractivity contribution is 5.57. The number of hydrogen-bond acceptors (Lipinski definition) is 6. The highest BCUT2D eigenvalue weighted by atomic mass is 16.3. The van der Waals surface area contributed by atoms with Crippen LogP contribution in [0.3, 0.4) is 0 Å². The normalized spacial score (nSPS) is 11.1. The minimum absolute atomic E-state index is 0.444. The molecule has 0 atom stereocenters. The van der Waals surface area contributed by atoms with Gasteiger partial charge in [-0.25, -0.2) is 0 Å². The largest absolute Gasteiger partial charge is 0.461 e. The van der Waals surface area contributed by atoms with E-state index in [4.69, 9.17) is 15.1 Å². The van der Waals surface area contributed by atoms with E-state index >= 15 is 0 Å². The number of rotatable bonds is 7. The molecule has 5 aromatic rings. The van der Waals surface area contributed by atoms with Gasteiger partial charge in [0.25, 0.3) is 5.78 Å². The lowest BCUT2D eigenvalue weighted by atomic mass is 10.1. The molecule has 0 fully saturated rings. The number of nitrogens with zero attached hydrogens (tertiary/aromatic N) is 5. The molecule has 0 aliphatic rings. The van der Waals surface area contributed by atoms with Gasteiger partial charge in [0, 0.05) is 19.2 Å². The second-order valence-electron chi connectivity index (χ2n) is 7.31. The first kappa shape index (κ1) is 18.9.